The van der Waals surface area contributed by atoms with Gasteiger partial charge in [0, 0.05) is 0 Å². The first-order chi connectivity index (χ1) is 9.85. The van der Waals surface area contributed by atoms with Crippen LogP contribution in [0.15, 0.2) is 48.5 Å². The molecule has 0 spiro atoms. The average molecular weight is 317 g/mol. The van der Waals surface area contributed by atoms with E-state index in [0.717, 1.165) is 0 Å². The summed E-state index contributed by atoms with van der Waals surface area (Å²) >= 11 is 0. The maximum atomic E-state index is 6.86. The Balaban J connectivity index is 2.63. The molecular weight excluding hydrogens is 292 g/mol. The minimum absolute atomic E-state index is 0.171. The van der Waals surface area contributed by atoms with Crippen molar-refractivity contribution < 1.29 is 0 Å². The van der Waals surface area contributed by atoms with Gasteiger partial charge in [0.05, 0.1) is 5.54 Å². The lowest BCUT2D eigenvalue weighted by atomic mass is 9.85. The van der Waals surface area contributed by atoms with Crippen molar-refractivity contribution in [1.29, 1.82) is 0 Å². The molecule has 1 nitrogen and oxygen atoms in total. The number of hydrogen-bond acceptors (Lipinski definition) is 1. The molecular formula is C18H25NP2. The van der Waals surface area contributed by atoms with Gasteiger partial charge in [0.25, 0.3) is 0 Å². The molecule has 0 atom stereocenters. The predicted octanol–water partition coefficient (Wildman–Crippen LogP) is 3.64. The number of hydrogen-bond donors (Lipinski definition) is 1. The van der Waals surface area contributed by atoms with E-state index in [9.17, 15) is 0 Å². The largest absolute Gasteiger partial charge is 0.318 e. The molecule has 0 saturated heterocycles. The molecule has 0 heterocycles. The van der Waals surface area contributed by atoms with E-state index in [0.29, 0.717) is 0 Å². The van der Waals surface area contributed by atoms with Crippen LogP contribution in [-0.4, -0.2) is 26.7 Å². The SMILES string of the molecule is CP(C)c1ccccc1C(C)(N)c1ccccc1P(C)C. The van der Waals surface area contributed by atoms with E-state index in [-0.39, 0.29) is 15.8 Å². The molecule has 0 unspecified atom stereocenters. The first kappa shape index (κ1) is 16.6. The van der Waals surface area contributed by atoms with Crippen LogP contribution < -0.4 is 16.3 Å². The van der Waals surface area contributed by atoms with Crippen molar-refractivity contribution in [3.8, 4) is 0 Å². The van der Waals surface area contributed by atoms with Crippen LogP contribution in [0.1, 0.15) is 18.1 Å². The first-order valence-electron chi connectivity index (χ1n) is 7.18. The van der Waals surface area contributed by atoms with Crippen molar-refractivity contribution in [3.05, 3.63) is 59.7 Å². The van der Waals surface area contributed by atoms with Gasteiger partial charge in [-0.05, 0) is 55.3 Å². The second kappa shape index (κ2) is 6.57. The molecule has 0 aliphatic heterocycles. The lowest BCUT2D eigenvalue weighted by molar-refractivity contribution is 0.611. The molecule has 0 aliphatic carbocycles. The zero-order chi connectivity index (χ0) is 15.6. The van der Waals surface area contributed by atoms with Crippen molar-refractivity contribution in [2.45, 2.75) is 12.5 Å². The Hall–Kier alpha value is -0.740. The van der Waals surface area contributed by atoms with Crippen LogP contribution in [0.2, 0.25) is 0 Å². The number of nitrogens with two attached hydrogens (primary N) is 1. The molecule has 0 saturated carbocycles. The molecule has 0 aliphatic rings. The Labute approximate surface area is 131 Å². The summed E-state index contributed by atoms with van der Waals surface area (Å²) in [4.78, 5) is 0. The molecule has 2 aromatic carbocycles. The van der Waals surface area contributed by atoms with E-state index in [1.165, 1.54) is 21.7 Å². The zero-order valence-electron chi connectivity index (χ0n) is 13.6. The molecule has 0 radical (unpaired) electrons. The highest BCUT2D eigenvalue weighted by Crippen LogP contribution is 2.36. The Kier molecular flexibility index (Phi) is 5.20. The molecule has 0 bridgehead atoms. The number of benzene rings is 2. The van der Waals surface area contributed by atoms with Crippen molar-refractivity contribution in [2.24, 2.45) is 5.73 Å². The smallest absolute Gasteiger partial charge is 0.0649 e. The molecule has 0 amide bonds. The fourth-order valence-corrected chi connectivity index (χ4v) is 5.10. The molecule has 0 fully saturated rings. The van der Waals surface area contributed by atoms with Gasteiger partial charge in [0.15, 0.2) is 0 Å². The summed E-state index contributed by atoms with van der Waals surface area (Å²) in [6.45, 7) is 11.3. The van der Waals surface area contributed by atoms with Crippen LogP contribution in [0.5, 0.6) is 0 Å². The van der Waals surface area contributed by atoms with Crippen molar-refractivity contribution in [1.82, 2.24) is 0 Å². The van der Waals surface area contributed by atoms with E-state index >= 15 is 0 Å². The third-order valence-electron chi connectivity index (χ3n) is 3.89. The second-order valence-corrected chi connectivity index (χ2v) is 10.6. The van der Waals surface area contributed by atoms with E-state index in [1.807, 2.05) is 0 Å². The molecule has 2 N–H and O–H groups in total. The van der Waals surface area contributed by atoms with Gasteiger partial charge in [-0.25, -0.2) is 0 Å². The van der Waals surface area contributed by atoms with E-state index < -0.39 is 5.54 Å². The van der Waals surface area contributed by atoms with Crippen LogP contribution in [0, 0.1) is 0 Å². The zero-order valence-corrected chi connectivity index (χ0v) is 15.4. The normalized spacial score (nSPS) is 12.2. The van der Waals surface area contributed by atoms with Crippen LogP contribution in [-0.2, 0) is 5.54 Å². The summed E-state index contributed by atoms with van der Waals surface area (Å²) in [6.07, 6.45) is 0. The minimum atomic E-state index is -0.438. The lowest BCUT2D eigenvalue weighted by Gasteiger charge is -2.32. The molecule has 21 heavy (non-hydrogen) atoms. The van der Waals surface area contributed by atoms with E-state index in [2.05, 4.69) is 82.1 Å². The molecule has 3 heteroatoms. The average Bonchev–Trinajstić information content (AvgIpc) is 2.47. The third kappa shape index (κ3) is 3.37. The van der Waals surface area contributed by atoms with E-state index in [4.69, 9.17) is 5.73 Å². The monoisotopic (exact) mass is 317 g/mol. The highest BCUT2D eigenvalue weighted by atomic mass is 31.1. The standard InChI is InChI=1S/C18H25NP2/c1-18(19,14-10-6-8-12-16(14)20(2)3)15-11-7-9-13-17(15)21(4)5/h6-13H,19H2,1-5H3. The Morgan fingerprint density at radius 3 is 1.38 bits per heavy atom. The van der Waals surface area contributed by atoms with Gasteiger partial charge in [-0.2, -0.15) is 0 Å². The first-order valence-corrected chi connectivity index (χ1v) is 11.7. The summed E-state index contributed by atoms with van der Waals surface area (Å²) in [6, 6.07) is 17.3. The topological polar surface area (TPSA) is 26.0 Å². The highest BCUT2D eigenvalue weighted by molar-refractivity contribution is 7.64. The van der Waals surface area contributed by atoms with Crippen LogP contribution >= 0.6 is 15.8 Å². The molecule has 2 rings (SSSR count). The fourth-order valence-electron chi connectivity index (χ4n) is 2.75. The maximum absolute atomic E-state index is 6.86. The van der Waals surface area contributed by atoms with Gasteiger partial charge in [-0.1, -0.05) is 64.4 Å². The van der Waals surface area contributed by atoms with Gasteiger partial charge in [0.1, 0.15) is 0 Å². The lowest BCUT2D eigenvalue weighted by Crippen LogP contribution is -2.41. The third-order valence-corrected chi connectivity index (χ3v) is 6.60. The molecule has 0 aromatic heterocycles. The van der Waals surface area contributed by atoms with Gasteiger partial charge in [-0.3, -0.25) is 0 Å². The Morgan fingerprint density at radius 2 is 1.05 bits per heavy atom. The summed E-state index contributed by atoms with van der Waals surface area (Å²) in [5.41, 5.74) is 8.96. The van der Waals surface area contributed by atoms with Crippen LogP contribution in [0.3, 0.4) is 0 Å². The van der Waals surface area contributed by atoms with Gasteiger partial charge >= 0.3 is 0 Å². The fraction of sp³-hybridized carbons (Fsp3) is 0.333. The minimum Gasteiger partial charge on any atom is -0.318 e. The summed E-state index contributed by atoms with van der Waals surface area (Å²) in [7, 11) is -0.341. The summed E-state index contributed by atoms with van der Waals surface area (Å²) in [5.74, 6) is 0. The highest BCUT2D eigenvalue weighted by Gasteiger charge is 2.29. The Bertz CT molecular complexity index is 565. The van der Waals surface area contributed by atoms with Crippen molar-refractivity contribution in [2.75, 3.05) is 26.7 Å². The summed E-state index contributed by atoms with van der Waals surface area (Å²) in [5, 5.41) is 2.81. The van der Waals surface area contributed by atoms with Crippen molar-refractivity contribution in [3.63, 3.8) is 0 Å². The number of rotatable bonds is 4. The predicted molar refractivity (Wildman–Crippen MR) is 100 cm³/mol. The summed E-state index contributed by atoms with van der Waals surface area (Å²) < 4.78 is 0. The van der Waals surface area contributed by atoms with Crippen molar-refractivity contribution >= 4 is 26.5 Å². The molecule has 2 aromatic rings. The van der Waals surface area contributed by atoms with Gasteiger partial charge in [-0.15, -0.1) is 0 Å². The van der Waals surface area contributed by atoms with Crippen LogP contribution in [0.4, 0.5) is 0 Å². The second-order valence-electron chi connectivity index (χ2n) is 6.03. The van der Waals surface area contributed by atoms with Gasteiger partial charge < -0.3 is 5.73 Å². The maximum Gasteiger partial charge on any atom is 0.0649 e. The Morgan fingerprint density at radius 1 is 0.714 bits per heavy atom. The van der Waals surface area contributed by atoms with E-state index in [1.54, 1.807) is 0 Å². The quantitative estimate of drug-likeness (QED) is 0.856. The van der Waals surface area contributed by atoms with Crippen LogP contribution in [0.25, 0.3) is 0 Å². The van der Waals surface area contributed by atoms with Gasteiger partial charge in [0.2, 0.25) is 0 Å². The molecule has 112 valence electrons.